The molecule has 3 atom stereocenters. The quantitative estimate of drug-likeness (QED) is 0.244. The maximum absolute atomic E-state index is 12.2. The lowest BCUT2D eigenvalue weighted by atomic mass is 10.0. The number of hydrogen-bond donors (Lipinski definition) is 2. The van der Waals surface area contributed by atoms with E-state index in [-0.39, 0.29) is 37.3 Å². The van der Waals surface area contributed by atoms with E-state index < -0.39 is 11.8 Å². The molecule has 0 aliphatic carbocycles. The number of rotatable bonds is 10. The van der Waals surface area contributed by atoms with Gasteiger partial charge in [-0.05, 0) is 25.0 Å². The average molecular weight is 448 g/mol. The molecule has 4 amide bonds. The number of amides is 4. The van der Waals surface area contributed by atoms with Crippen LogP contribution in [0.2, 0.25) is 0 Å². The number of nitrogens with zero attached hydrogens (tertiary/aromatic N) is 1. The van der Waals surface area contributed by atoms with E-state index in [0.29, 0.717) is 29.2 Å². The second kappa shape index (κ2) is 9.69. The maximum atomic E-state index is 12.2. The van der Waals surface area contributed by atoms with Crippen molar-refractivity contribution in [2.75, 3.05) is 19.0 Å². The summed E-state index contributed by atoms with van der Waals surface area (Å²) in [6.45, 7) is 0.266. The number of hydrogen-bond acceptors (Lipinski definition) is 7. The third-order valence-electron chi connectivity index (χ3n) is 5.59. The molecule has 1 aromatic rings. The highest BCUT2D eigenvalue weighted by Crippen LogP contribution is 2.33. The minimum Gasteiger partial charge on any atom is -0.466 e. The molecule has 3 heterocycles. The number of benzene rings is 1. The van der Waals surface area contributed by atoms with Gasteiger partial charge in [0.15, 0.2) is 0 Å². The molecule has 1 aromatic carbocycles. The fraction of sp³-hybridized carbons (Fsp3) is 0.524. The van der Waals surface area contributed by atoms with Crippen molar-refractivity contribution in [3.63, 3.8) is 0 Å². The molecule has 3 aliphatic rings. The van der Waals surface area contributed by atoms with Crippen LogP contribution in [0, 0.1) is 0 Å². The van der Waals surface area contributed by atoms with Crippen molar-refractivity contribution in [3.05, 3.63) is 35.4 Å². The van der Waals surface area contributed by atoms with E-state index >= 15 is 0 Å². The molecular formula is C21H25N3O6S. The summed E-state index contributed by atoms with van der Waals surface area (Å²) in [7, 11) is 0. The van der Waals surface area contributed by atoms with E-state index in [0.717, 1.165) is 30.1 Å². The zero-order valence-corrected chi connectivity index (χ0v) is 17.8. The van der Waals surface area contributed by atoms with Gasteiger partial charge < -0.3 is 15.4 Å². The molecule has 31 heavy (non-hydrogen) atoms. The molecule has 0 unspecified atom stereocenters. The van der Waals surface area contributed by atoms with Crippen LogP contribution in [-0.4, -0.2) is 65.2 Å². The Labute approximate surface area is 184 Å². The van der Waals surface area contributed by atoms with E-state index in [9.17, 15) is 19.2 Å². The topological polar surface area (TPSA) is 114 Å². The molecule has 4 rings (SSSR count). The molecule has 9 nitrogen and oxygen atoms in total. The Bertz CT molecular complexity index is 843. The van der Waals surface area contributed by atoms with Gasteiger partial charge in [-0.15, -0.1) is 5.06 Å². The Morgan fingerprint density at radius 1 is 1.03 bits per heavy atom. The van der Waals surface area contributed by atoms with Crippen LogP contribution in [0.3, 0.4) is 0 Å². The van der Waals surface area contributed by atoms with Gasteiger partial charge in [0, 0.05) is 23.8 Å². The third-order valence-corrected chi connectivity index (χ3v) is 7.10. The van der Waals surface area contributed by atoms with Gasteiger partial charge >= 0.3 is 12.0 Å². The molecule has 3 aliphatic heterocycles. The van der Waals surface area contributed by atoms with Crippen LogP contribution in [0.5, 0.6) is 0 Å². The number of imide groups is 1. The van der Waals surface area contributed by atoms with E-state index in [2.05, 4.69) is 10.6 Å². The zero-order valence-electron chi connectivity index (χ0n) is 17.0. The van der Waals surface area contributed by atoms with E-state index in [1.54, 1.807) is 24.3 Å². The molecule has 0 saturated carbocycles. The van der Waals surface area contributed by atoms with Gasteiger partial charge in [0.25, 0.3) is 11.8 Å². The van der Waals surface area contributed by atoms with Gasteiger partial charge in [-0.25, -0.2) is 4.79 Å². The van der Waals surface area contributed by atoms with Crippen LogP contribution < -0.4 is 10.6 Å². The summed E-state index contributed by atoms with van der Waals surface area (Å²) in [5.41, 5.74) is 0.661. The first-order chi connectivity index (χ1) is 15.0. The number of carbonyl (C=O) groups is 4. The van der Waals surface area contributed by atoms with Gasteiger partial charge in [-0.1, -0.05) is 18.6 Å². The van der Waals surface area contributed by atoms with E-state index in [4.69, 9.17) is 9.57 Å². The predicted octanol–water partition coefficient (Wildman–Crippen LogP) is 1.87. The summed E-state index contributed by atoms with van der Waals surface area (Å²) in [6, 6.07) is 6.88. The molecule has 166 valence electrons. The second-order valence-electron chi connectivity index (χ2n) is 7.73. The largest absolute Gasteiger partial charge is 0.466 e. The van der Waals surface area contributed by atoms with Crippen molar-refractivity contribution in [2.24, 2.45) is 0 Å². The van der Waals surface area contributed by atoms with Crippen molar-refractivity contribution >= 4 is 35.6 Å². The van der Waals surface area contributed by atoms with Gasteiger partial charge in [0.05, 0.1) is 36.4 Å². The smallest absolute Gasteiger partial charge is 0.315 e. The number of carbonyl (C=O) groups excluding carboxylic acids is 4. The van der Waals surface area contributed by atoms with Crippen molar-refractivity contribution in [2.45, 2.75) is 49.4 Å². The number of esters is 1. The normalized spacial score (nSPS) is 24.1. The SMILES string of the molecule is O=C1N[C@H]2[C@H](CS[C@H]2CCCCC(=O)OCCCON2C(=O)c3ccccc3C2=O)N1. The lowest BCUT2D eigenvalue weighted by Gasteiger charge is -2.16. The van der Waals surface area contributed by atoms with Crippen LogP contribution in [0.25, 0.3) is 0 Å². The molecule has 2 fully saturated rings. The fourth-order valence-electron chi connectivity index (χ4n) is 4.02. The predicted molar refractivity (Wildman–Crippen MR) is 112 cm³/mol. The summed E-state index contributed by atoms with van der Waals surface area (Å²) in [4.78, 5) is 52.9. The first kappa shape index (κ1) is 21.6. The zero-order chi connectivity index (χ0) is 21.8. The van der Waals surface area contributed by atoms with Gasteiger partial charge in [-0.3, -0.25) is 19.2 Å². The molecule has 0 aromatic heterocycles. The molecule has 0 radical (unpaired) electrons. The molecular weight excluding hydrogens is 422 g/mol. The van der Waals surface area contributed by atoms with Gasteiger partial charge in [0.1, 0.15) is 0 Å². The summed E-state index contributed by atoms with van der Waals surface area (Å²) in [5.74, 6) is -0.290. The summed E-state index contributed by atoms with van der Waals surface area (Å²) < 4.78 is 5.20. The number of ether oxygens (including phenoxy) is 1. The highest BCUT2D eigenvalue weighted by Gasteiger charge is 2.42. The number of thioether (sulfide) groups is 1. The average Bonchev–Trinajstić information content (AvgIpc) is 3.38. The van der Waals surface area contributed by atoms with Crippen molar-refractivity contribution < 1.29 is 28.8 Å². The number of hydroxylamine groups is 2. The van der Waals surface area contributed by atoms with Gasteiger partial charge in [-0.2, -0.15) is 11.8 Å². The molecule has 2 N–H and O–H groups in total. The Morgan fingerprint density at radius 2 is 1.77 bits per heavy atom. The summed E-state index contributed by atoms with van der Waals surface area (Å²) in [6.07, 6.45) is 3.31. The lowest BCUT2D eigenvalue weighted by Crippen LogP contribution is -2.36. The van der Waals surface area contributed by atoms with E-state index in [1.165, 1.54) is 0 Å². The summed E-state index contributed by atoms with van der Waals surface area (Å²) >= 11 is 1.86. The molecule has 2 saturated heterocycles. The Morgan fingerprint density at radius 3 is 2.52 bits per heavy atom. The number of unbranched alkanes of at least 4 members (excludes halogenated alkanes) is 1. The highest BCUT2D eigenvalue weighted by molar-refractivity contribution is 8.00. The van der Waals surface area contributed by atoms with Crippen LogP contribution in [0.1, 0.15) is 52.8 Å². The number of fused-ring (bicyclic) bond motifs is 2. The molecule has 10 heteroatoms. The minimum absolute atomic E-state index is 0.0872. The first-order valence-electron chi connectivity index (χ1n) is 10.5. The van der Waals surface area contributed by atoms with Crippen LogP contribution in [0.15, 0.2) is 24.3 Å². The summed E-state index contributed by atoms with van der Waals surface area (Å²) in [5, 5.41) is 7.04. The third kappa shape index (κ3) is 4.85. The standard InChI is InChI=1S/C21H25N3O6S/c25-17(9-4-3-8-16-18-15(12-31-16)22-21(28)23-18)29-10-5-11-30-24-19(26)13-6-1-2-7-14(13)20(24)27/h1-2,6-7,15-16,18H,3-5,8-12H2,(H2,22,23,28)/t15-,16-,18-/m0/s1. The Hall–Kier alpha value is -2.59. The van der Waals surface area contributed by atoms with Crippen LogP contribution in [-0.2, 0) is 14.4 Å². The second-order valence-corrected chi connectivity index (χ2v) is 9.00. The van der Waals surface area contributed by atoms with E-state index in [1.807, 2.05) is 11.8 Å². The first-order valence-corrected chi connectivity index (χ1v) is 11.5. The van der Waals surface area contributed by atoms with Crippen LogP contribution in [0.4, 0.5) is 4.79 Å². The minimum atomic E-state index is -0.475. The Balaban J connectivity index is 1.05. The number of nitrogens with one attached hydrogen (secondary N) is 2. The van der Waals surface area contributed by atoms with Crippen molar-refractivity contribution in [1.29, 1.82) is 0 Å². The van der Waals surface area contributed by atoms with Gasteiger partial charge in [0.2, 0.25) is 0 Å². The monoisotopic (exact) mass is 447 g/mol. The van der Waals surface area contributed by atoms with Crippen molar-refractivity contribution in [3.8, 4) is 0 Å². The Kier molecular flexibility index (Phi) is 6.77. The number of urea groups is 1. The van der Waals surface area contributed by atoms with Crippen LogP contribution >= 0.6 is 11.8 Å². The highest BCUT2D eigenvalue weighted by atomic mass is 32.2. The lowest BCUT2D eigenvalue weighted by molar-refractivity contribution is -0.145. The molecule has 0 spiro atoms. The molecule has 0 bridgehead atoms. The van der Waals surface area contributed by atoms with Crippen molar-refractivity contribution in [1.82, 2.24) is 15.7 Å². The maximum Gasteiger partial charge on any atom is 0.315 e. The fourth-order valence-corrected chi connectivity index (χ4v) is 5.56.